The fraction of sp³-hybridized carbons (Fsp3) is 0.300. The van der Waals surface area contributed by atoms with E-state index >= 15 is 0 Å². The molecule has 0 spiro atoms. The predicted molar refractivity (Wildman–Crippen MR) is 48.8 cm³/mol. The fourth-order valence-corrected chi connectivity index (χ4v) is 1.20. The van der Waals surface area contributed by atoms with Gasteiger partial charge in [0.1, 0.15) is 11.6 Å². The van der Waals surface area contributed by atoms with Gasteiger partial charge in [-0.1, -0.05) is 6.92 Å². The third kappa shape index (κ3) is 2.30. The lowest BCUT2D eigenvalue weighted by Gasteiger charge is -2.10. The Morgan fingerprint density at radius 2 is 2.00 bits per heavy atom. The van der Waals surface area contributed by atoms with Crippen molar-refractivity contribution in [1.29, 1.82) is 0 Å². The number of carbonyl (C=O) groups is 1. The first kappa shape index (κ1) is 11.6. The van der Waals surface area contributed by atoms with E-state index in [2.05, 4.69) is 0 Å². The van der Waals surface area contributed by atoms with Gasteiger partial charge in [-0.05, 0) is 17.7 Å². The molecule has 1 atom stereocenters. The van der Waals surface area contributed by atoms with Crippen molar-refractivity contribution < 1.29 is 23.8 Å². The Kier molecular flexibility index (Phi) is 3.36. The van der Waals surface area contributed by atoms with Crippen molar-refractivity contribution >= 4 is 5.97 Å². The van der Waals surface area contributed by atoms with Gasteiger partial charge in [-0.3, -0.25) is 0 Å². The minimum absolute atomic E-state index is 0.0278. The van der Waals surface area contributed by atoms with E-state index in [1.54, 1.807) is 0 Å². The quantitative estimate of drug-likeness (QED) is 0.809. The highest BCUT2D eigenvalue weighted by atomic mass is 19.1. The summed E-state index contributed by atoms with van der Waals surface area (Å²) in [6.45, 7) is 1.18. The zero-order chi connectivity index (χ0) is 11.6. The lowest BCUT2D eigenvalue weighted by Crippen LogP contribution is -2.07. The summed E-state index contributed by atoms with van der Waals surface area (Å²) in [5, 5.41) is 17.3. The van der Waals surface area contributed by atoms with Gasteiger partial charge in [0.2, 0.25) is 0 Å². The minimum Gasteiger partial charge on any atom is -0.478 e. The lowest BCUT2D eigenvalue weighted by molar-refractivity contribution is 0.0691. The molecule has 0 aliphatic heterocycles. The molecular weight excluding hydrogens is 206 g/mol. The Bertz CT molecular complexity index is 390. The van der Waals surface area contributed by atoms with Crippen LogP contribution in [0.1, 0.15) is 28.8 Å². The van der Waals surface area contributed by atoms with Gasteiger partial charge < -0.3 is 10.2 Å². The molecule has 1 rings (SSSR count). The number of rotatable bonds is 3. The molecular formula is C10H10F2O3. The second-order valence-electron chi connectivity index (χ2n) is 3.24. The van der Waals surface area contributed by atoms with Crippen molar-refractivity contribution in [3.63, 3.8) is 0 Å². The summed E-state index contributed by atoms with van der Waals surface area (Å²) in [5.74, 6) is -3.91. The molecule has 0 fully saturated rings. The molecule has 0 heterocycles. The fourth-order valence-electron chi connectivity index (χ4n) is 1.20. The second kappa shape index (κ2) is 4.35. The Morgan fingerprint density at radius 1 is 1.40 bits per heavy atom. The minimum atomic E-state index is -1.52. The van der Waals surface area contributed by atoms with Crippen LogP contribution < -0.4 is 0 Å². The highest BCUT2D eigenvalue weighted by Gasteiger charge is 2.17. The van der Waals surface area contributed by atoms with Crippen LogP contribution >= 0.6 is 0 Å². The third-order valence-corrected chi connectivity index (χ3v) is 2.12. The van der Waals surface area contributed by atoms with Gasteiger partial charge in [0.15, 0.2) is 0 Å². The van der Waals surface area contributed by atoms with Gasteiger partial charge in [0.25, 0.3) is 0 Å². The van der Waals surface area contributed by atoms with Crippen LogP contribution in [0.2, 0.25) is 0 Å². The SMILES string of the molecule is CC(CO)c1cc(F)c(C(=O)O)cc1F. The standard InChI is InChI=1S/C10H10F2O3/c1-5(4-13)6-2-9(12)7(10(14)15)3-8(6)11/h2-3,5,13H,4H2,1H3,(H,14,15). The normalized spacial score (nSPS) is 12.5. The predicted octanol–water partition coefficient (Wildman–Crippen LogP) is 1.76. The van der Waals surface area contributed by atoms with Crippen molar-refractivity contribution in [3.8, 4) is 0 Å². The van der Waals surface area contributed by atoms with E-state index < -0.39 is 29.1 Å². The highest BCUT2D eigenvalue weighted by Crippen LogP contribution is 2.22. The average Bonchev–Trinajstić information content (AvgIpc) is 2.19. The largest absolute Gasteiger partial charge is 0.478 e. The topological polar surface area (TPSA) is 57.5 Å². The summed E-state index contributed by atoms with van der Waals surface area (Å²) in [5.41, 5.74) is -0.735. The van der Waals surface area contributed by atoms with Gasteiger partial charge in [0, 0.05) is 12.5 Å². The maximum absolute atomic E-state index is 13.3. The molecule has 15 heavy (non-hydrogen) atoms. The maximum Gasteiger partial charge on any atom is 0.338 e. The Balaban J connectivity index is 3.25. The summed E-state index contributed by atoms with van der Waals surface area (Å²) in [7, 11) is 0. The molecule has 0 aliphatic carbocycles. The zero-order valence-corrected chi connectivity index (χ0v) is 8.00. The van der Waals surface area contributed by atoms with Crippen LogP contribution in [0.25, 0.3) is 0 Å². The Morgan fingerprint density at radius 3 is 2.47 bits per heavy atom. The molecule has 82 valence electrons. The highest BCUT2D eigenvalue weighted by molar-refractivity contribution is 5.88. The van der Waals surface area contributed by atoms with Crippen LogP contribution in [0, 0.1) is 11.6 Å². The summed E-state index contributed by atoms with van der Waals surface area (Å²) >= 11 is 0. The molecule has 0 amide bonds. The van der Waals surface area contributed by atoms with Crippen LogP contribution in [0.5, 0.6) is 0 Å². The van der Waals surface area contributed by atoms with Crippen molar-refractivity contribution in [1.82, 2.24) is 0 Å². The molecule has 0 saturated carbocycles. The van der Waals surface area contributed by atoms with Gasteiger partial charge >= 0.3 is 5.97 Å². The first-order valence-corrected chi connectivity index (χ1v) is 4.30. The summed E-state index contributed by atoms with van der Waals surface area (Å²) < 4.78 is 26.4. The van der Waals surface area contributed by atoms with E-state index in [1.165, 1.54) is 6.92 Å². The first-order valence-electron chi connectivity index (χ1n) is 4.30. The number of carboxylic acid groups (broad SMARTS) is 1. The molecule has 0 bridgehead atoms. The number of hydrogen-bond donors (Lipinski definition) is 2. The number of halogens is 2. The van der Waals surface area contributed by atoms with E-state index in [-0.39, 0.29) is 12.2 Å². The molecule has 5 heteroatoms. The number of benzene rings is 1. The second-order valence-corrected chi connectivity index (χ2v) is 3.24. The first-order chi connectivity index (χ1) is 6.97. The van der Waals surface area contributed by atoms with E-state index in [1.807, 2.05) is 0 Å². The number of hydrogen-bond acceptors (Lipinski definition) is 2. The van der Waals surface area contributed by atoms with Gasteiger partial charge in [-0.25, -0.2) is 13.6 Å². The number of aliphatic hydroxyl groups excluding tert-OH is 1. The van der Waals surface area contributed by atoms with Crippen molar-refractivity contribution in [2.45, 2.75) is 12.8 Å². The third-order valence-electron chi connectivity index (χ3n) is 2.12. The molecule has 1 aromatic carbocycles. The van der Waals surface area contributed by atoms with Crippen LogP contribution in [0.4, 0.5) is 8.78 Å². The van der Waals surface area contributed by atoms with E-state index in [4.69, 9.17) is 10.2 Å². The number of carboxylic acids is 1. The monoisotopic (exact) mass is 216 g/mol. The summed E-state index contributed by atoms with van der Waals surface area (Å²) in [6.07, 6.45) is 0. The van der Waals surface area contributed by atoms with Crippen molar-refractivity contribution in [2.24, 2.45) is 0 Å². The summed E-state index contributed by atoms with van der Waals surface area (Å²) in [6, 6.07) is 1.43. The van der Waals surface area contributed by atoms with E-state index in [0.29, 0.717) is 6.07 Å². The molecule has 0 radical (unpaired) electrons. The summed E-state index contributed by atoms with van der Waals surface area (Å²) in [4.78, 5) is 10.5. The van der Waals surface area contributed by atoms with Crippen molar-refractivity contribution in [3.05, 3.63) is 34.9 Å². The smallest absolute Gasteiger partial charge is 0.338 e. The molecule has 0 aliphatic rings. The maximum atomic E-state index is 13.3. The van der Waals surface area contributed by atoms with Crippen LogP contribution in [-0.4, -0.2) is 22.8 Å². The Hall–Kier alpha value is -1.49. The molecule has 0 aromatic heterocycles. The number of aromatic carboxylic acids is 1. The Labute approximate surface area is 85.0 Å². The zero-order valence-electron chi connectivity index (χ0n) is 8.00. The van der Waals surface area contributed by atoms with Crippen LogP contribution in [-0.2, 0) is 0 Å². The van der Waals surface area contributed by atoms with Gasteiger partial charge in [-0.15, -0.1) is 0 Å². The van der Waals surface area contributed by atoms with Crippen LogP contribution in [0.15, 0.2) is 12.1 Å². The molecule has 0 saturated heterocycles. The van der Waals surface area contributed by atoms with Gasteiger partial charge in [0.05, 0.1) is 5.56 Å². The van der Waals surface area contributed by atoms with Gasteiger partial charge in [-0.2, -0.15) is 0 Å². The lowest BCUT2D eigenvalue weighted by atomic mass is 9.99. The molecule has 1 unspecified atom stereocenters. The molecule has 1 aromatic rings. The van der Waals surface area contributed by atoms with E-state index in [9.17, 15) is 13.6 Å². The molecule has 3 nitrogen and oxygen atoms in total. The van der Waals surface area contributed by atoms with Crippen molar-refractivity contribution in [2.75, 3.05) is 6.61 Å². The van der Waals surface area contributed by atoms with E-state index in [0.717, 1.165) is 6.07 Å². The number of aliphatic hydroxyl groups is 1. The molecule has 2 N–H and O–H groups in total. The van der Waals surface area contributed by atoms with Crippen LogP contribution in [0.3, 0.4) is 0 Å². The average molecular weight is 216 g/mol.